The summed E-state index contributed by atoms with van der Waals surface area (Å²) in [5.74, 6) is 1.91. The van der Waals surface area contributed by atoms with Gasteiger partial charge in [-0.3, -0.25) is 9.69 Å². The largest absolute Gasteiger partial charge is 0.368 e. The van der Waals surface area contributed by atoms with E-state index >= 15 is 0 Å². The van der Waals surface area contributed by atoms with Crippen LogP contribution in [0.15, 0.2) is 40.1 Å². The second-order valence-electron chi connectivity index (χ2n) is 8.33. The van der Waals surface area contributed by atoms with Crippen molar-refractivity contribution in [2.75, 3.05) is 30.8 Å². The number of nitrogen functional groups attached to an aromatic ring is 1. The van der Waals surface area contributed by atoms with Gasteiger partial charge >= 0.3 is 0 Å². The molecule has 156 valence electrons. The van der Waals surface area contributed by atoms with Crippen molar-refractivity contribution in [1.82, 2.24) is 24.4 Å². The maximum Gasteiger partial charge on any atom is 0.255 e. The van der Waals surface area contributed by atoms with E-state index in [0.29, 0.717) is 24.3 Å². The predicted octanol–water partition coefficient (Wildman–Crippen LogP) is 1.93. The molecule has 5 heterocycles. The Kier molecular flexibility index (Phi) is 5.00. The second kappa shape index (κ2) is 7.81. The summed E-state index contributed by atoms with van der Waals surface area (Å²) in [7, 11) is 2.03. The van der Waals surface area contributed by atoms with Crippen LogP contribution in [0.1, 0.15) is 29.3 Å². The quantitative estimate of drug-likeness (QED) is 0.670. The number of rotatable bonds is 5. The van der Waals surface area contributed by atoms with Gasteiger partial charge in [0.05, 0.1) is 11.2 Å². The molecule has 0 amide bonds. The number of nitrogens with two attached hydrogens (primary N) is 1. The van der Waals surface area contributed by atoms with Crippen molar-refractivity contribution in [2.24, 2.45) is 5.92 Å². The number of hydrogen-bond acceptors (Lipinski definition) is 8. The van der Waals surface area contributed by atoms with Gasteiger partial charge < -0.3 is 15.2 Å². The number of hydrogen-bond donors (Lipinski definition) is 1. The Labute approximate surface area is 179 Å². The van der Waals surface area contributed by atoms with Gasteiger partial charge in [0, 0.05) is 61.5 Å². The fourth-order valence-electron chi connectivity index (χ4n) is 4.78. The molecule has 2 aliphatic rings. The Hall–Kier alpha value is -2.78. The van der Waals surface area contributed by atoms with Gasteiger partial charge in [0.15, 0.2) is 0 Å². The standard InChI is InChI=1S/C21H25N7OS/c1-26(11-17-12-30-13-24-17)9-15-2-3-18-16-6-14(8-28(18)20(15)29)7-27(10-16)19-4-5-23-21(22)25-19/h2-5,12-14,16H,6-11H2,1H3,(H2,22,23,25)/t14-,16+/m0/s1. The van der Waals surface area contributed by atoms with E-state index in [1.54, 1.807) is 17.5 Å². The van der Waals surface area contributed by atoms with Crippen LogP contribution in [0, 0.1) is 5.92 Å². The summed E-state index contributed by atoms with van der Waals surface area (Å²) in [6.07, 6.45) is 2.81. The van der Waals surface area contributed by atoms with Crippen molar-refractivity contribution in [1.29, 1.82) is 0 Å². The van der Waals surface area contributed by atoms with Crippen LogP contribution in [0.4, 0.5) is 11.8 Å². The summed E-state index contributed by atoms with van der Waals surface area (Å²) >= 11 is 1.60. The van der Waals surface area contributed by atoms with Gasteiger partial charge in [-0.25, -0.2) is 9.97 Å². The third kappa shape index (κ3) is 3.70. The molecule has 3 aromatic heterocycles. The Balaban J connectivity index is 1.36. The molecule has 0 unspecified atom stereocenters. The number of nitrogens with zero attached hydrogens (tertiary/aromatic N) is 6. The van der Waals surface area contributed by atoms with Crippen molar-refractivity contribution >= 4 is 23.1 Å². The van der Waals surface area contributed by atoms with E-state index in [1.165, 1.54) is 0 Å². The first kappa shape index (κ1) is 19.2. The summed E-state index contributed by atoms with van der Waals surface area (Å²) in [4.78, 5) is 30.4. The Morgan fingerprint density at radius 1 is 1.20 bits per heavy atom. The first-order chi connectivity index (χ1) is 14.6. The predicted molar refractivity (Wildman–Crippen MR) is 117 cm³/mol. The fourth-order valence-corrected chi connectivity index (χ4v) is 5.33. The number of pyridine rings is 1. The Bertz CT molecular complexity index is 1100. The minimum absolute atomic E-state index is 0.145. The van der Waals surface area contributed by atoms with E-state index in [1.807, 2.05) is 29.3 Å². The highest BCUT2D eigenvalue weighted by molar-refractivity contribution is 7.07. The van der Waals surface area contributed by atoms with Gasteiger partial charge in [-0.1, -0.05) is 6.07 Å². The van der Waals surface area contributed by atoms with Crippen molar-refractivity contribution in [3.8, 4) is 0 Å². The third-order valence-electron chi connectivity index (χ3n) is 6.02. The molecular formula is C21H25N7OS. The van der Waals surface area contributed by atoms with Gasteiger partial charge in [-0.15, -0.1) is 11.3 Å². The van der Waals surface area contributed by atoms with E-state index < -0.39 is 0 Å². The lowest BCUT2D eigenvalue weighted by Gasteiger charge is -2.43. The maximum absolute atomic E-state index is 13.3. The number of aromatic nitrogens is 4. The molecule has 9 heteroatoms. The molecule has 30 heavy (non-hydrogen) atoms. The van der Waals surface area contributed by atoms with Crippen LogP contribution in [0.2, 0.25) is 0 Å². The zero-order chi connectivity index (χ0) is 20.7. The van der Waals surface area contributed by atoms with Crippen LogP contribution >= 0.6 is 11.3 Å². The maximum atomic E-state index is 13.3. The zero-order valence-corrected chi connectivity index (χ0v) is 17.8. The highest BCUT2D eigenvalue weighted by atomic mass is 32.1. The van der Waals surface area contributed by atoms with E-state index in [4.69, 9.17) is 5.73 Å². The van der Waals surface area contributed by atoms with Crippen molar-refractivity contribution in [2.45, 2.75) is 32.0 Å². The Morgan fingerprint density at radius 3 is 2.90 bits per heavy atom. The van der Waals surface area contributed by atoms with E-state index in [2.05, 4.69) is 36.2 Å². The van der Waals surface area contributed by atoms with Crippen LogP contribution in [0.3, 0.4) is 0 Å². The summed E-state index contributed by atoms with van der Waals surface area (Å²) in [5, 5.41) is 2.05. The second-order valence-corrected chi connectivity index (χ2v) is 9.05. The zero-order valence-electron chi connectivity index (χ0n) is 16.9. The molecule has 2 aliphatic heterocycles. The van der Waals surface area contributed by atoms with Crippen LogP contribution in [0.25, 0.3) is 0 Å². The molecule has 0 aliphatic carbocycles. The molecule has 0 radical (unpaired) electrons. The molecule has 1 saturated heterocycles. The highest BCUT2D eigenvalue weighted by Crippen LogP contribution is 2.36. The van der Waals surface area contributed by atoms with Crippen molar-refractivity contribution in [3.05, 3.63) is 62.6 Å². The Morgan fingerprint density at radius 2 is 2.10 bits per heavy atom. The number of fused-ring (bicyclic) bond motifs is 4. The lowest BCUT2D eigenvalue weighted by molar-refractivity contribution is 0.275. The summed E-state index contributed by atoms with van der Waals surface area (Å²) in [6, 6.07) is 6.06. The third-order valence-corrected chi connectivity index (χ3v) is 6.66. The summed E-state index contributed by atoms with van der Waals surface area (Å²) in [5.41, 5.74) is 10.8. The molecule has 2 N–H and O–H groups in total. The fraction of sp³-hybridized carbons (Fsp3) is 0.429. The van der Waals surface area contributed by atoms with Crippen LogP contribution in [-0.2, 0) is 19.6 Å². The molecule has 0 aromatic carbocycles. The molecule has 3 aromatic rings. The van der Waals surface area contributed by atoms with Gasteiger partial charge in [0.2, 0.25) is 5.95 Å². The molecule has 2 atom stereocenters. The molecule has 8 nitrogen and oxygen atoms in total. The average molecular weight is 424 g/mol. The first-order valence-electron chi connectivity index (χ1n) is 10.2. The molecule has 5 rings (SSSR count). The van der Waals surface area contributed by atoms with Gasteiger partial charge in [-0.2, -0.15) is 4.98 Å². The molecule has 0 saturated carbocycles. The van der Waals surface area contributed by atoms with E-state index in [9.17, 15) is 4.79 Å². The number of piperidine rings is 1. The monoisotopic (exact) mass is 423 g/mol. The van der Waals surface area contributed by atoms with Gasteiger partial charge in [-0.05, 0) is 31.5 Å². The van der Waals surface area contributed by atoms with Gasteiger partial charge in [0.25, 0.3) is 5.56 Å². The first-order valence-corrected chi connectivity index (χ1v) is 11.1. The lowest BCUT2D eigenvalue weighted by atomic mass is 9.83. The van der Waals surface area contributed by atoms with Crippen molar-refractivity contribution in [3.63, 3.8) is 0 Å². The topological polar surface area (TPSA) is 93.2 Å². The average Bonchev–Trinajstić information content (AvgIpc) is 3.23. The SMILES string of the molecule is CN(Cc1cscn1)Cc1ccc2n(c1=O)C[C@H]1C[C@@H]2CN(c2ccnc(N)n2)C1. The molecule has 2 bridgehead atoms. The molecular weight excluding hydrogens is 398 g/mol. The molecule has 1 fully saturated rings. The van der Waals surface area contributed by atoms with Crippen molar-refractivity contribution < 1.29 is 0 Å². The van der Waals surface area contributed by atoms with Crippen LogP contribution < -0.4 is 16.2 Å². The molecule has 0 spiro atoms. The van der Waals surface area contributed by atoms with Crippen LogP contribution in [-0.4, -0.2) is 44.6 Å². The van der Waals surface area contributed by atoms with E-state index in [-0.39, 0.29) is 5.56 Å². The lowest BCUT2D eigenvalue weighted by Crippen LogP contribution is -2.48. The van der Waals surface area contributed by atoms with Gasteiger partial charge in [0.1, 0.15) is 5.82 Å². The van der Waals surface area contributed by atoms with Crippen LogP contribution in [0.5, 0.6) is 0 Å². The minimum Gasteiger partial charge on any atom is -0.368 e. The number of thiazole rings is 1. The summed E-state index contributed by atoms with van der Waals surface area (Å²) < 4.78 is 2.01. The number of anilines is 2. The summed E-state index contributed by atoms with van der Waals surface area (Å²) in [6.45, 7) is 3.85. The van der Waals surface area contributed by atoms with E-state index in [0.717, 1.165) is 55.4 Å². The normalized spacial score (nSPS) is 20.4. The highest BCUT2D eigenvalue weighted by Gasteiger charge is 2.35. The minimum atomic E-state index is 0.145. The smallest absolute Gasteiger partial charge is 0.255 e.